The molecule has 3 aromatic rings. The second-order valence-corrected chi connectivity index (χ2v) is 5.73. The Kier molecular flexibility index (Phi) is 3.57. The first-order chi connectivity index (χ1) is 10.1. The number of fused-ring (bicyclic) bond motifs is 1. The molecule has 1 amide bonds. The quantitative estimate of drug-likeness (QED) is 0.434. The van der Waals surface area contributed by atoms with Crippen LogP contribution in [0.5, 0.6) is 0 Å². The lowest BCUT2D eigenvalue weighted by Crippen LogP contribution is -2.29. The molecule has 3 rings (SSSR count). The Hall–Kier alpha value is -2.05. The highest BCUT2D eigenvalue weighted by Gasteiger charge is 2.14. The highest BCUT2D eigenvalue weighted by Crippen LogP contribution is 2.23. The second-order valence-electron chi connectivity index (χ2n) is 4.81. The van der Waals surface area contributed by atoms with Gasteiger partial charge in [-0.3, -0.25) is 10.2 Å². The zero-order valence-corrected chi connectivity index (χ0v) is 13.0. The lowest BCUT2D eigenvalue weighted by Gasteiger charge is -2.04. The molecule has 0 atom stereocenters. The fourth-order valence-corrected chi connectivity index (χ4v) is 2.69. The average Bonchev–Trinajstić information content (AvgIpc) is 3.03. The molecule has 2 heterocycles. The molecule has 0 saturated carbocycles. The third-order valence-electron chi connectivity index (χ3n) is 3.45. The monoisotopic (exact) mass is 347 g/mol. The molecule has 1 aromatic carbocycles. The second kappa shape index (κ2) is 5.38. The Morgan fingerprint density at radius 1 is 1.38 bits per heavy atom. The van der Waals surface area contributed by atoms with Gasteiger partial charge in [0.25, 0.3) is 0 Å². The van der Waals surface area contributed by atoms with Crippen molar-refractivity contribution >= 4 is 32.7 Å². The Labute approximate surface area is 129 Å². The van der Waals surface area contributed by atoms with E-state index in [0.717, 1.165) is 15.6 Å². The number of nitrogens with one attached hydrogen (secondary N) is 1. The number of benzene rings is 1. The third kappa shape index (κ3) is 2.59. The number of carbonyl (C=O) groups excluding carboxylic acids is 1. The lowest BCUT2D eigenvalue weighted by molar-refractivity contribution is 0.0924. The molecule has 2 aromatic heterocycles. The molecular formula is C15H14BrN3O2. The van der Waals surface area contributed by atoms with Crippen molar-refractivity contribution in [1.82, 2.24) is 9.99 Å². The number of nitrogens with zero attached hydrogens (tertiary/aromatic N) is 1. The Bertz CT molecular complexity index is 820. The standard InChI is InChI=1S/C15H14BrN3O2/c1-9-11(6-14(21-9)15(20)18-17)8-19-5-4-10-2-3-12(16)7-13(10)19/h2-7H,8,17H2,1H3,(H,18,20). The number of aromatic nitrogens is 1. The van der Waals surface area contributed by atoms with Crippen LogP contribution in [0.2, 0.25) is 0 Å². The summed E-state index contributed by atoms with van der Waals surface area (Å²) in [4.78, 5) is 11.5. The summed E-state index contributed by atoms with van der Waals surface area (Å²) in [6.45, 7) is 2.47. The molecule has 0 aliphatic rings. The summed E-state index contributed by atoms with van der Waals surface area (Å²) in [6.07, 6.45) is 2.02. The predicted molar refractivity (Wildman–Crippen MR) is 83.8 cm³/mol. The van der Waals surface area contributed by atoms with Crippen LogP contribution in [-0.2, 0) is 6.54 Å². The molecule has 0 saturated heterocycles. The number of nitrogen functional groups attached to an aromatic ring is 1. The van der Waals surface area contributed by atoms with Crippen LogP contribution in [0.4, 0.5) is 0 Å². The first-order valence-corrected chi connectivity index (χ1v) is 7.22. The topological polar surface area (TPSA) is 73.2 Å². The molecule has 0 aliphatic heterocycles. The van der Waals surface area contributed by atoms with Crippen LogP contribution in [0.15, 0.2) is 45.4 Å². The van der Waals surface area contributed by atoms with E-state index in [2.05, 4.69) is 44.1 Å². The molecular weight excluding hydrogens is 334 g/mol. The Balaban J connectivity index is 1.97. The summed E-state index contributed by atoms with van der Waals surface area (Å²) in [5.41, 5.74) is 4.14. The number of halogens is 1. The maximum Gasteiger partial charge on any atom is 0.300 e. The van der Waals surface area contributed by atoms with Crippen molar-refractivity contribution in [3.63, 3.8) is 0 Å². The van der Waals surface area contributed by atoms with E-state index >= 15 is 0 Å². The summed E-state index contributed by atoms with van der Waals surface area (Å²) in [5, 5.41) is 1.17. The van der Waals surface area contributed by atoms with Gasteiger partial charge >= 0.3 is 5.91 Å². The van der Waals surface area contributed by atoms with Crippen molar-refractivity contribution in [2.45, 2.75) is 13.5 Å². The maximum absolute atomic E-state index is 11.5. The van der Waals surface area contributed by atoms with Crippen molar-refractivity contribution < 1.29 is 9.21 Å². The van der Waals surface area contributed by atoms with E-state index in [1.54, 1.807) is 6.07 Å². The molecule has 0 bridgehead atoms. The predicted octanol–water partition coefficient (Wildman–Crippen LogP) is 2.96. The van der Waals surface area contributed by atoms with Gasteiger partial charge in [0.05, 0.1) is 6.54 Å². The van der Waals surface area contributed by atoms with Crippen LogP contribution in [0.1, 0.15) is 21.9 Å². The highest BCUT2D eigenvalue weighted by atomic mass is 79.9. The summed E-state index contributed by atoms with van der Waals surface area (Å²) >= 11 is 3.49. The van der Waals surface area contributed by atoms with Gasteiger partial charge in [-0.15, -0.1) is 0 Å². The van der Waals surface area contributed by atoms with E-state index in [0.29, 0.717) is 12.3 Å². The number of hydrogen-bond donors (Lipinski definition) is 2. The van der Waals surface area contributed by atoms with Gasteiger partial charge < -0.3 is 8.98 Å². The number of carbonyl (C=O) groups is 1. The van der Waals surface area contributed by atoms with E-state index in [1.807, 2.05) is 19.2 Å². The van der Waals surface area contributed by atoms with E-state index < -0.39 is 5.91 Å². The van der Waals surface area contributed by atoms with Gasteiger partial charge in [-0.2, -0.15) is 0 Å². The Morgan fingerprint density at radius 3 is 2.95 bits per heavy atom. The van der Waals surface area contributed by atoms with E-state index in [4.69, 9.17) is 10.3 Å². The summed E-state index contributed by atoms with van der Waals surface area (Å²) in [6, 6.07) is 9.93. The minimum absolute atomic E-state index is 0.225. The van der Waals surface area contributed by atoms with Crippen LogP contribution >= 0.6 is 15.9 Å². The molecule has 0 aliphatic carbocycles. The first kappa shape index (κ1) is 13.9. The zero-order valence-electron chi connectivity index (χ0n) is 11.4. The number of hydrogen-bond acceptors (Lipinski definition) is 3. The number of amides is 1. The van der Waals surface area contributed by atoms with Crippen LogP contribution in [0, 0.1) is 6.92 Å². The number of rotatable bonds is 3. The molecule has 0 spiro atoms. The molecule has 6 heteroatoms. The van der Waals surface area contributed by atoms with Crippen LogP contribution in [0.25, 0.3) is 10.9 Å². The molecule has 0 radical (unpaired) electrons. The summed E-state index contributed by atoms with van der Waals surface area (Å²) in [7, 11) is 0. The molecule has 108 valence electrons. The molecule has 5 nitrogen and oxygen atoms in total. The maximum atomic E-state index is 11.5. The zero-order chi connectivity index (χ0) is 15.0. The van der Waals surface area contributed by atoms with Gasteiger partial charge in [0.2, 0.25) is 0 Å². The minimum atomic E-state index is -0.426. The number of hydrazine groups is 1. The lowest BCUT2D eigenvalue weighted by atomic mass is 10.2. The number of aryl methyl sites for hydroxylation is 1. The van der Waals surface area contributed by atoms with Gasteiger partial charge in [-0.25, -0.2) is 5.84 Å². The number of furan rings is 1. The fraction of sp³-hybridized carbons (Fsp3) is 0.133. The van der Waals surface area contributed by atoms with Gasteiger partial charge in [0, 0.05) is 21.7 Å². The fourth-order valence-electron chi connectivity index (χ4n) is 2.34. The average molecular weight is 348 g/mol. The van der Waals surface area contributed by atoms with Gasteiger partial charge in [0.15, 0.2) is 5.76 Å². The van der Waals surface area contributed by atoms with Crippen LogP contribution < -0.4 is 11.3 Å². The van der Waals surface area contributed by atoms with E-state index in [1.165, 1.54) is 5.39 Å². The van der Waals surface area contributed by atoms with Gasteiger partial charge in [-0.05, 0) is 36.6 Å². The SMILES string of the molecule is Cc1oc(C(=O)NN)cc1Cn1ccc2ccc(Br)cc21. The third-order valence-corrected chi connectivity index (χ3v) is 3.95. The summed E-state index contributed by atoms with van der Waals surface area (Å²) in [5.74, 6) is 5.63. The molecule has 0 fully saturated rings. The number of nitrogens with two attached hydrogens (primary N) is 1. The van der Waals surface area contributed by atoms with E-state index in [9.17, 15) is 4.79 Å². The first-order valence-electron chi connectivity index (χ1n) is 6.43. The highest BCUT2D eigenvalue weighted by molar-refractivity contribution is 9.10. The Morgan fingerprint density at radius 2 is 2.19 bits per heavy atom. The van der Waals surface area contributed by atoms with Gasteiger partial charge in [0.1, 0.15) is 5.76 Å². The van der Waals surface area contributed by atoms with Crippen molar-refractivity contribution in [1.29, 1.82) is 0 Å². The summed E-state index contributed by atoms with van der Waals surface area (Å²) < 4.78 is 8.58. The molecule has 21 heavy (non-hydrogen) atoms. The van der Waals surface area contributed by atoms with Crippen LogP contribution in [0.3, 0.4) is 0 Å². The minimum Gasteiger partial charge on any atom is -0.456 e. The van der Waals surface area contributed by atoms with Crippen molar-refractivity contribution in [3.8, 4) is 0 Å². The normalized spacial score (nSPS) is 11.0. The van der Waals surface area contributed by atoms with Gasteiger partial charge in [-0.1, -0.05) is 22.0 Å². The molecule has 3 N–H and O–H groups in total. The van der Waals surface area contributed by atoms with Crippen LogP contribution in [-0.4, -0.2) is 10.5 Å². The largest absolute Gasteiger partial charge is 0.456 e. The smallest absolute Gasteiger partial charge is 0.300 e. The van der Waals surface area contributed by atoms with E-state index in [-0.39, 0.29) is 5.76 Å². The van der Waals surface area contributed by atoms with Crippen molar-refractivity contribution in [2.75, 3.05) is 0 Å². The van der Waals surface area contributed by atoms with Crippen molar-refractivity contribution in [2.24, 2.45) is 5.84 Å². The molecule has 0 unspecified atom stereocenters. The van der Waals surface area contributed by atoms with Crippen molar-refractivity contribution in [3.05, 3.63) is 58.1 Å².